The third-order valence-electron chi connectivity index (χ3n) is 3.44. The van der Waals surface area contributed by atoms with Crippen LogP contribution in [-0.4, -0.2) is 47.1 Å². The number of aliphatic carboxylic acids is 1. The molecule has 9 heteroatoms. The van der Waals surface area contributed by atoms with Gasteiger partial charge in [0.2, 0.25) is 10.0 Å². The Kier molecular flexibility index (Phi) is 4.25. The first kappa shape index (κ1) is 16.5. The molecule has 0 aliphatic carbocycles. The molecule has 1 fully saturated rings. The van der Waals surface area contributed by atoms with E-state index < -0.39 is 27.6 Å². The van der Waals surface area contributed by atoms with Gasteiger partial charge in [-0.05, 0) is 25.1 Å². The molecule has 21 heavy (non-hydrogen) atoms. The molecular weight excluding hydrogens is 341 g/mol. The molecule has 1 saturated heterocycles. The maximum absolute atomic E-state index is 12.6. The summed E-state index contributed by atoms with van der Waals surface area (Å²) in [5.74, 6) is -1.32. The Balaban J connectivity index is 2.55. The van der Waals surface area contributed by atoms with Crippen LogP contribution in [0.2, 0.25) is 10.0 Å². The lowest BCUT2D eigenvalue weighted by Crippen LogP contribution is -2.50. The predicted octanol–water partition coefficient (Wildman–Crippen LogP) is 1.59. The highest BCUT2D eigenvalue weighted by molar-refractivity contribution is 7.89. The number of halogens is 2. The van der Waals surface area contributed by atoms with Crippen molar-refractivity contribution in [2.24, 2.45) is 0 Å². The molecule has 0 radical (unpaired) electrons. The number of carboxylic acids is 1. The molecular formula is C12H13Cl2NO5S. The second-order valence-electron chi connectivity index (χ2n) is 5.08. The van der Waals surface area contributed by atoms with Gasteiger partial charge in [-0.15, -0.1) is 0 Å². The highest BCUT2D eigenvalue weighted by Crippen LogP contribution is 2.36. The standard InChI is InChI=1S/C12H13Cl2NO5S/c1-12(11(17)18)5-9(16)6-15(12)21(19,20)10-3-7(13)2-8(14)4-10/h2-4,9,16H,5-6H2,1H3,(H,17,18)/t9-,12-/m0/s1. The van der Waals surface area contributed by atoms with E-state index in [4.69, 9.17) is 23.2 Å². The maximum Gasteiger partial charge on any atom is 0.324 e. The van der Waals surface area contributed by atoms with Crippen LogP contribution in [0.1, 0.15) is 13.3 Å². The molecule has 1 aliphatic heterocycles. The lowest BCUT2D eigenvalue weighted by atomic mass is 10.0. The Hall–Kier alpha value is -0.860. The maximum atomic E-state index is 12.6. The Morgan fingerprint density at radius 2 is 1.86 bits per heavy atom. The van der Waals surface area contributed by atoms with Crippen molar-refractivity contribution in [1.29, 1.82) is 0 Å². The first-order valence-corrected chi connectivity index (χ1v) is 8.17. The average Bonchev–Trinajstić information content (AvgIpc) is 2.65. The smallest absolute Gasteiger partial charge is 0.324 e. The van der Waals surface area contributed by atoms with Crippen LogP contribution in [0.4, 0.5) is 0 Å². The van der Waals surface area contributed by atoms with E-state index >= 15 is 0 Å². The Labute approximate surface area is 131 Å². The molecule has 0 spiro atoms. The minimum atomic E-state index is -4.15. The van der Waals surface area contributed by atoms with Crippen molar-refractivity contribution in [2.75, 3.05) is 6.54 Å². The molecule has 1 heterocycles. The summed E-state index contributed by atoms with van der Waals surface area (Å²) < 4.78 is 26.1. The van der Waals surface area contributed by atoms with E-state index in [1.807, 2.05) is 0 Å². The van der Waals surface area contributed by atoms with Crippen LogP contribution < -0.4 is 0 Å². The largest absolute Gasteiger partial charge is 0.480 e. The molecule has 2 N–H and O–H groups in total. The van der Waals surface area contributed by atoms with Gasteiger partial charge in [0.15, 0.2) is 0 Å². The van der Waals surface area contributed by atoms with E-state index in [1.165, 1.54) is 25.1 Å². The monoisotopic (exact) mass is 353 g/mol. The summed E-state index contributed by atoms with van der Waals surface area (Å²) in [4.78, 5) is 11.2. The van der Waals surface area contributed by atoms with Gasteiger partial charge in [0, 0.05) is 23.0 Å². The fraction of sp³-hybridized carbons (Fsp3) is 0.417. The first-order chi connectivity index (χ1) is 9.57. The van der Waals surface area contributed by atoms with Gasteiger partial charge in [0.1, 0.15) is 5.54 Å². The fourth-order valence-electron chi connectivity index (χ4n) is 2.38. The molecule has 6 nitrogen and oxygen atoms in total. The van der Waals surface area contributed by atoms with Gasteiger partial charge >= 0.3 is 5.97 Å². The normalized spacial score (nSPS) is 27.0. The first-order valence-electron chi connectivity index (χ1n) is 5.98. The highest BCUT2D eigenvalue weighted by Gasteiger charge is 2.53. The van der Waals surface area contributed by atoms with Gasteiger partial charge in [-0.25, -0.2) is 8.42 Å². The topological polar surface area (TPSA) is 94.9 Å². The van der Waals surface area contributed by atoms with Crippen LogP contribution in [0.5, 0.6) is 0 Å². The van der Waals surface area contributed by atoms with Crippen molar-refractivity contribution >= 4 is 39.2 Å². The molecule has 116 valence electrons. The second-order valence-corrected chi connectivity index (χ2v) is 7.81. The van der Waals surface area contributed by atoms with E-state index in [0.29, 0.717) is 0 Å². The summed E-state index contributed by atoms with van der Waals surface area (Å²) >= 11 is 11.6. The van der Waals surface area contributed by atoms with Gasteiger partial charge in [-0.2, -0.15) is 4.31 Å². The molecule has 0 saturated carbocycles. The van der Waals surface area contributed by atoms with Gasteiger partial charge in [0.05, 0.1) is 11.0 Å². The van der Waals surface area contributed by atoms with Crippen LogP contribution in [-0.2, 0) is 14.8 Å². The van der Waals surface area contributed by atoms with Crippen molar-refractivity contribution in [3.05, 3.63) is 28.2 Å². The molecule has 1 aliphatic rings. The van der Waals surface area contributed by atoms with Crippen molar-refractivity contribution in [2.45, 2.75) is 29.9 Å². The van der Waals surface area contributed by atoms with Crippen LogP contribution in [0.25, 0.3) is 0 Å². The fourth-order valence-corrected chi connectivity index (χ4v) is 4.89. The number of benzene rings is 1. The number of aliphatic hydroxyl groups excluding tert-OH is 1. The number of hydrogen-bond donors (Lipinski definition) is 2. The summed E-state index contributed by atoms with van der Waals surface area (Å²) in [7, 11) is -4.15. The van der Waals surface area contributed by atoms with Gasteiger partial charge in [0.25, 0.3) is 0 Å². The third-order valence-corrected chi connectivity index (χ3v) is 5.85. The third kappa shape index (κ3) is 2.89. The lowest BCUT2D eigenvalue weighted by molar-refractivity contribution is -0.146. The zero-order chi connectivity index (χ0) is 16.0. The molecule has 2 rings (SSSR count). The highest BCUT2D eigenvalue weighted by atomic mass is 35.5. The van der Waals surface area contributed by atoms with E-state index in [0.717, 1.165) is 4.31 Å². The molecule has 0 amide bonds. The molecule has 0 bridgehead atoms. The zero-order valence-electron chi connectivity index (χ0n) is 11.0. The average molecular weight is 354 g/mol. The summed E-state index contributed by atoms with van der Waals surface area (Å²) in [6, 6.07) is 3.75. The van der Waals surface area contributed by atoms with Crippen molar-refractivity contribution in [3.63, 3.8) is 0 Å². The Bertz CT molecular complexity index is 673. The number of rotatable bonds is 3. The van der Waals surface area contributed by atoms with Crippen LogP contribution in [0, 0.1) is 0 Å². The Morgan fingerprint density at radius 3 is 2.33 bits per heavy atom. The molecule has 1 aromatic carbocycles. The van der Waals surface area contributed by atoms with Crippen molar-refractivity contribution < 1.29 is 23.4 Å². The minimum Gasteiger partial charge on any atom is -0.480 e. The van der Waals surface area contributed by atoms with Gasteiger partial charge in [-0.3, -0.25) is 4.79 Å². The summed E-state index contributed by atoms with van der Waals surface area (Å²) in [6.07, 6.45) is -1.23. The minimum absolute atomic E-state index is 0.123. The van der Waals surface area contributed by atoms with Gasteiger partial charge in [-0.1, -0.05) is 23.2 Å². The lowest BCUT2D eigenvalue weighted by Gasteiger charge is -2.29. The van der Waals surface area contributed by atoms with E-state index in [9.17, 15) is 23.4 Å². The molecule has 1 aromatic rings. The number of sulfonamides is 1. The number of carbonyl (C=O) groups is 1. The number of nitrogens with zero attached hydrogens (tertiary/aromatic N) is 1. The summed E-state index contributed by atoms with van der Waals surface area (Å²) in [5.41, 5.74) is -1.72. The van der Waals surface area contributed by atoms with Crippen LogP contribution in [0.3, 0.4) is 0 Å². The van der Waals surface area contributed by atoms with E-state index in [-0.39, 0.29) is 27.9 Å². The SMILES string of the molecule is C[C@@]1(C(=O)O)C[C@H](O)CN1S(=O)(=O)c1cc(Cl)cc(Cl)c1. The van der Waals surface area contributed by atoms with Crippen LogP contribution in [0.15, 0.2) is 23.1 Å². The number of β-amino-alcohol motifs (C(OH)–C–C–N with tert-alkyl or cyclic N) is 1. The van der Waals surface area contributed by atoms with E-state index in [2.05, 4.69) is 0 Å². The second kappa shape index (κ2) is 5.40. The van der Waals surface area contributed by atoms with E-state index in [1.54, 1.807) is 0 Å². The molecule has 0 aromatic heterocycles. The predicted molar refractivity (Wildman–Crippen MR) is 77.0 cm³/mol. The summed E-state index contributed by atoms with van der Waals surface area (Å²) in [5, 5.41) is 19.2. The molecule has 2 atom stereocenters. The number of hydrogen-bond acceptors (Lipinski definition) is 4. The van der Waals surface area contributed by atoms with Crippen molar-refractivity contribution in [1.82, 2.24) is 4.31 Å². The van der Waals surface area contributed by atoms with Crippen LogP contribution >= 0.6 is 23.2 Å². The summed E-state index contributed by atoms with van der Waals surface area (Å²) in [6.45, 7) is 0.963. The zero-order valence-corrected chi connectivity index (χ0v) is 13.3. The van der Waals surface area contributed by atoms with Gasteiger partial charge < -0.3 is 10.2 Å². The quantitative estimate of drug-likeness (QED) is 0.860. The number of aliphatic hydroxyl groups is 1. The van der Waals surface area contributed by atoms with Crippen molar-refractivity contribution in [3.8, 4) is 0 Å². The molecule has 0 unspecified atom stereocenters. The Morgan fingerprint density at radius 1 is 1.33 bits per heavy atom. The number of carboxylic acid groups (broad SMARTS) is 1.